The molecule has 0 spiro atoms. The molecule has 1 aliphatic rings. The van der Waals surface area contributed by atoms with Crippen molar-refractivity contribution < 1.29 is 18.4 Å². The molecule has 3 heterocycles. The minimum Gasteiger partial charge on any atom is -0.492 e. The fourth-order valence-electron chi connectivity index (χ4n) is 2.98. The smallest absolute Gasteiger partial charge is 0.230 e. The SMILES string of the molecule is O=C([C@@H]1COc2ccccc2C1)N(Cc1cocn1)Cc1cocn1. The predicted molar refractivity (Wildman–Crippen MR) is 86.4 cm³/mol. The van der Waals surface area contributed by atoms with Gasteiger partial charge in [-0.05, 0) is 18.1 Å². The second-order valence-electron chi connectivity index (χ2n) is 5.97. The number of fused-ring (bicyclic) bond motifs is 1. The Labute approximate surface area is 144 Å². The second-order valence-corrected chi connectivity index (χ2v) is 5.97. The van der Waals surface area contributed by atoms with Crippen molar-refractivity contribution in [1.29, 1.82) is 0 Å². The maximum absolute atomic E-state index is 13.1. The molecule has 1 aliphatic heterocycles. The number of carbonyl (C=O) groups excluding carboxylic acids is 1. The minimum absolute atomic E-state index is 0.000466. The van der Waals surface area contributed by atoms with E-state index in [4.69, 9.17) is 13.6 Å². The van der Waals surface area contributed by atoms with Crippen LogP contribution < -0.4 is 4.74 Å². The highest BCUT2D eigenvalue weighted by atomic mass is 16.5. The van der Waals surface area contributed by atoms with E-state index in [0.29, 0.717) is 37.5 Å². The van der Waals surface area contributed by atoms with Gasteiger partial charge in [-0.25, -0.2) is 9.97 Å². The van der Waals surface area contributed by atoms with E-state index in [-0.39, 0.29) is 11.8 Å². The van der Waals surface area contributed by atoms with Crippen LogP contribution in [-0.2, 0) is 24.3 Å². The molecule has 7 heteroatoms. The first-order chi connectivity index (χ1) is 12.3. The molecule has 2 aromatic heterocycles. The standard InChI is InChI=1S/C18H17N3O4/c22-18(14-5-13-3-1-2-4-17(13)25-8-14)21(6-15-9-23-11-19-15)7-16-10-24-12-20-16/h1-4,9-12,14H,5-8H2/t14-/m0/s1. The largest absolute Gasteiger partial charge is 0.492 e. The number of benzene rings is 1. The van der Waals surface area contributed by atoms with E-state index in [9.17, 15) is 4.79 Å². The molecule has 1 amide bonds. The number of amides is 1. The van der Waals surface area contributed by atoms with Gasteiger partial charge in [0.15, 0.2) is 12.8 Å². The number of hydrogen-bond donors (Lipinski definition) is 0. The summed E-state index contributed by atoms with van der Waals surface area (Å²) < 4.78 is 15.8. The topological polar surface area (TPSA) is 81.6 Å². The highest BCUT2D eigenvalue weighted by Crippen LogP contribution is 2.28. The van der Waals surface area contributed by atoms with Crippen LogP contribution in [0.2, 0.25) is 0 Å². The molecule has 4 rings (SSSR count). The summed E-state index contributed by atoms with van der Waals surface area (Å²) in [5, 5.41) is 0. The van der Waals surface area contributed by atoms with Crippen molar-refractivity contribution >= 4 is 5.91 Å². The predicted octanol–water partition coefficient (Wildman–Crippen LogP) is 2.44. The van der Waals surface area contributed by atoms with Crippen molar-refractivity contribution in [2.24, 2.45) is 5.92 Å². The lowest BCUT2D eigenvalue weighted by Crippen LogP contribution is -2.40. The van der Waals surface area contributed by atoms with Crippen LogP contribution in [0.4, 0.5) is 0 Å². The van der Waals surface area contributed by atoms with Crippen molar-refractivity contribution in [3.8, 4) is 5.75 Å². The fraction of sp³-hybridized carbons (Fsp3) is 0.278. The van der Waals surface area contributed by atoms with E-state index in [1.807, 2.05) is 24.3 Å². The molecule has 0 unspecified atom stereocenters. The van der Waals surface area contributed by atoms with Gasteiger partial charge < -0.3 is 18.5 Å². The number of nitrogens with zero attached hydrogens (tertiary/aromatic N) is 3. The number of hydrogen-bond acceptors (Lipinski definition) is 6. The fourth-order valence-corrected chi connectivity index (χ4v) is 2.98. The third-order valence-electron chi connectivity index (χ3n) is 4.21. The molecule has 1 atom stereocenters. The summed E-state index contributed by atoms with van der Waals surface area (Å²) in [4.78, 5) is 23.0. The van der Waals surface area contributed by atoms with Crippen LogP contribution in [0, 0.1) is 5.92 Å². The minimum atomic E-state index is -0.242. The van der Waals surface area contributed by atoms with Gasteiger partial charge in [-0.2, -0.15) is 0 Å². The zero-order valence-electron chi connectivity index (χ0n) is 13.5. The Bertz CT molecular complexity index is 794. The second kappa shape index (κ2) is 6.80. The van der Waals surface area contributed by atoms with Crippen molar-refractivity contribution in [2.75, 3.05) is 6.61 Å². The zero-order chi connectivity index (χ0) is 17.1. The average Bonchev–Trinajstić information content (AvgIpc) is 3.34. The molecule has 0 fully saturated rings. The van der Waals surface area contributed by atoms with Crippen molar-refractivity contribution in [1.82, 2.24) is 14.9 Å². The Kier molecular flexibility index (Phi) is 4.20. The van der Waals surface area contributed by atoms with Crippen molar-refractivity contribution in [3.63, 3.8) is 0 Å². The third-order valence-corrected chi connectivity index (χ3v) is 4.21. The van der Waals surface area contributed by atoms with Gasteiger partial charge in [0.05, 0.1) is 30.4 Å². The Morgan fingerprint density at radius 2 is 1.76 bits per heavy atom. The van der Waals surface area contributed by atoms with Gasteiger partial charge in [0.25, 0.3) is 0 Å². The molecule has 25 heavy (non-hydrogen) atoms. The van der Waals surface area contributed by atoms with E-state index in [1.165, 1.54) is 25.3 Å². The number of rotatable bonds is 5. The van der Waals surface area contributed by atoms with Crippen LogP contribution in [0.1, 0.15) is 17.0 Å². The molecule has 0 radical (unpaired) electrons. The monoisotopic (exact) mass is 339 g/mol. The summed E-state index contributed by atoms with van der Waals surface area (Å²) in [5.74, 6) is 0.611. The van der Waals surface area contributed by atoms with Crippen LogP contribution in [0.15, 0.2) is 58.4 Å². The van der Waals surface area contributed by atoms with Gasteiger partial charge >= 0.3 is 0 Å². The number of para-hydroxylation sites is 1. The number of aromatic nitrogens is 2. The molecule has 0 aliphatic carbocycles. The molecule has 3 aromatic rings. The van der Waals surface area contributed by atoms with E-state index in [0.717, 1.165) is 11.3 Å². The first-order valence-corrected chi connectivity index (χ1v) is 8.03. The summed E-state index contributed by atoms with van der Waals surface area (Å²) >= 11 is 0. The van der Waals surface area contributed by atoms with Crippen LogP contribution in [0.5, 0.6) is 5.75 Å². The average molecular weight is 339 g/mol. The Morgan fingerprint density at radius 3 is 2.40 bits per heavy atom. The molecule has 128 valence electrons. The molecule has 0 bridgehead atoms. The zero-order valence-corrected chi connectivity index (χ0v) is 13.5. The molecular formula is C18H17N3O4. The summed E-state index contributed by atoms with van der Waals surface area (Å²) in [6.07, 6.45) is 6.44. The third kappa shape index (κ3) is 3.40. The maximum Gasteiger partial charge on any atom is 0.230 e. The summed E-state index contributed by atoms with van der Waals surface area (Å²) in [5.41, 5.74) is 2.43. The molecule has 0 N–H and O–H groups in total. The summed E-state index contributed by atoms with van der Waals surface area (Å²) in [6.45, 7) is 1.06. The van der Waals surface area contributed by atoms with E-state index in [1.54, 1.807) is 4.90 Å². The van der Waals surface area contributed by atoms with Crippen molar-refractivity contribution in [3.05, 3.63) is 66.5 Å². The van der Waals surface area contributed by atoms with Crippen molar-refractivity contribution in [2.45, 2.75) is 19.5 Å². The van der Waals surface area contributed by atoms with Gasteiger partial charge in [-0.1, -0.05) is 18.2 Å². The highest BCUT2D eigenvalue weighted by Gasteiger charge is 2.30. The number of ether oxygens (including phenoxy) is 1. The molecule has 0 saturated heterocycles. The molecule has 1 aromatic carbocycles. The lowest BCUT2D eigenvalue weighted by Gasteiger charge is -2.29. The number of carbonyl (C=O) groups is 1. The lowest BCUT2D eigenvalue weighted by atomic mass is 9.95. The van der Waals surface area contributed by atoms with E-state index in [2.05, 4.69) is 9.97 Å². The first-order valence-electron chi connectivity index (χ1n) is 8.03. The van der Waals surface area contributed by atoms with Gasteiger partial charge in [0, 0.05) is 0 Å². The van der Waals surface area contributed by atoms with E-state index < -0.39 is 0 Å². The molecule has 0 saturated carbocycles. The van der Waals surface area contributed by atoms with Gasteiger partial charge in [-0.15, -0.1) is 0 Å². The Balaban J connectivity index is 1.53. The van der Waals surface area contributed by atoms with E-state index >= 15 is 0 Å². The van der Waals surface area contributed by atoms with Gasteiger partial charge in [-0.3, -0.25) is 4.79 Å². The van der Waals surface area contributed by atoms with Crippen LogP contribution >= 0.6 is 0 Å². The molecular weight excluding hydrogens is 322 g/mol. The lowest BCUT2D eigenvalue weighted by molar-refractivity contribution is -0.138. The first kappa shape index (κ1) is 15.4. The quantitative estimate of drug-likeness (QED) is 0.710. The highest BCUT2D eigenvalue weighted by molar-refractivity contribution is 5.79. The van der Waals surface area contributed by atoms with Crippen LogP contribution in [0.25, 0.3) is 0 Å². The number of oxazole rings is 2. The van der Waals surface area contributed by atoms with Gasteiger partial charge in [0.2, 0.25) is 5.91 Å². The van der Waals surface area contributed by atoms with Gasteiger partial charge in [0.1, 0.15) is 24.9 Å². The summed E-state index contributed by atoms with van der Waals surface area (Å²) in [6, 6.07) is 7.81. The van der Waals surface area contributed by atoms with Crippen LogP contribution in [-0.4, -0.2) is 27.4 Å². The summed E-state index contributed by atoms with van der Waals surface area (Å²) in [7, 11) is 0. The maximum atomic E-state index is 13.1. The van der Waals surface area contributed by atoms with Crippen LogP contribution in [0.3, 0.4) is 0 Å². The normalized spacial score (nSPS) is 16.1. The Hall–Kier alpha value is -3.09. The molecule has 7 nitrogen and oxygen atoms in total. The Morgan fingerprint density at radius 1 is 1.08 bits per heavy atom.